The molecule has 1 spiro atoms. The topological polar surface area (TPSA) is 455 Å². The first-order chi connectivity index (χ1) is 40.3. The van der Waals surface area contributed by atoms with E-state index in [4.69, 9.17) is 56.8 Å². The molecule has 0 aromatic rings. The summed E-state index contributed by atoms with van der Waals surface area (Å²) in [6, 6.07) is 0. The number of hydrogen-bond acceptors (Lipinski definition) is 29. The van der Waals surface area contributed by atoms with E-state index < -0.39 is 210 Å². The van der Waals surface area contributed by atoms with Gasteiger partial charge >= 0.3 is 0 Å². The van der Waals surface area contributed by atoms with Crippen molar-refractivity contribution in [2.75, 3.05) is 39.6 Å². The lowest BCUT2D eigenvalue weighted by Gasteiger charge is -2.63. The highest BCUT2D eigenvalue weighted by Gasteiger charge is 2.71. The number of ether oxygens (including phenoxy) is 12. The molecule has 0 aromatic carbocycles. The fourth-order valence-corrected chi connectivity index (χ4v) is 17.5. The van der Waals surface area contributed by atoms with Crippen molar-refractivity contribution in [3.63, 3.8) is 0 Å². The van der Waals surface area contributed by atoms with Crippen molar-refractivity contribution >= 4 is 0 Å². The van der Waals surface area contributed by atoms with Crippen LogP contribution in [-0.2, 0) is 56.8 Å². The van der Waals surface area contributed by atoms with Gasteiger partial charge in [-0.1, -0.05) is 27.7 Å². The van der Waals surface area contributed by atoms with Gasteiger partial charge in [-0.3, -0.25) is 0 Å². The highest BCUT2D eigenvalue weighted by molar-refractivity contribution is 5.17. The van der Waals surface area contributed by atoms with E-state index >= 15 is 0 Å². The summed E-state index contributed by atoms with van der Waals surface area (Å²) in [7, 11) is 0. The number of rotatable bonds is 14. The van der Waals surface area contributed by atoms with Crippen molar-refractivity contribution in [2.24, 2.45) is 52.3 Å². The lowest BCUT2D eigenvalue weighted by Crippen LogP contribution is -2.69. The molecule has 0 amide bonds. The molecular weight excluding hydrogens is 1140 g/mol. The maximum atomic E-state index is 12.2. The Hall–Kier alpha value is -1.16. The van der Waals surface area contributed by atoms with Gasteiger partial charge in [-0.25, -0.2) is 0 Å². The minimum Gasteiger partial charge on any atom is -0.394 e. The van der Waals surface area contributed by atoms with Crippen LogP contribution in [0.15, 0.2) is 0 Å². The van der Waals surface area contributed by atoms with Crippen molar-refractivity contribution in [2.45, 2.75) is 257 Å². The maximum absolute atomic E-state index is 12.2. The zero-order valence-electron chi connectivity index (χ0n) is 48.1. The van der Waals surface area contributed by atoms with Gasteiger partial charge in [-0.2, -0.15) is 0 Å². The van der Waals surface area contributed by atoms with Crippen LogP contribution < -0.4 is 0 Å². The first-order valence-corrected chi connectivity index (χ1v) is 30.4. The Morgan fingerprint density at radius 1 is 0.435 bits per heavy atom. The standard InChI is InChI=1S/C56H92O29/c1-19-5-8-56(75-17-19)20(2)34-29(85-56)10-23-21-9-25(61)24-11-28(26(62)12-55(24,4)22(21)6-7-54(23,34)3)76-50-43(72)40(69)45(33(16-60)80-50)81-53-48(47(38(67)32(15-59)79-53)83-49-41(70)35(64)27(63)18-74-49)84-52-44(73)46(37(66)31(14-58)78-52)82-51-42(71)39(68)36(65)30(13-57)77-51/h19-53,57-73H,5-18H2,1-4H3. The first kappa shape index (κ1) is 65.3. The molecule has 490 valence electrons. The fraction of sp³-hybridized carbons (Fsp3) is 1.00. The number of hydrogen-bond donors (Lipinski definition) is 17. The smallest absolute Gasteiger partial charge is 0.187 e. The average Bonchev–Trinajstić information content (AvgIpc) is 1.69. The summed E-state index contributed by atoms with van der Waals surface area (Å²) >= 11 is 0. The molecule has 7 aliphatic heterocycles. The second kappa shape index (κ2) is 25.4. The second-order valence-corrected chi connectivity index (χ2v) is 27.0. The third-order valence-electron chi connectivity index (χ3n) is 22.2. The van der Waals surface area contributed by atoms with Crippen molar-refractivity contribution in [3.8, 4) is 0 Å². The molecule has 0 bridgehead atoms. The molecule has 11 rings (SSSR count). The van der Waals surface area contributed by atoms with Gasteiger partial charge in [0.15, 0.2) is 37.2 Å². The highest BCUT2D eigenvalue weighted by Crippen LogP contribution is 2.71. The third-order valence-corrected chi connectivity index (χ3v) is 22.2. The summed E-state index contributed by atoms with van der Waals surface area (Å²) in [5, 5.41) is 188. The monoisotopic (exact) mass is 1230 g/mol. The predicted octanol–water partition coefficient (Wildman–Crippen LogP) is -6.50. The molecule has 0 radical (unpaired) electrons. The lowest BCUT2D eigenvalue weighted by atomic mass is 9.43. The summed E-state index contributed by atoms with van der Waals surface area (Å²) in [4.78, 5) is 0. The van der Waals surface area contributed by atoms with Crippen molar-refractivity contribution < 1.29 is 144 Å². The SMILES string of the molecule is CC1CCC2(OC1)OC1CC3C4CC(O)C5CC(OC6OC(CO)C(OC7OC(CO)C(O)C(OC8OCC(O)C(O)C8O)C7OC7OC(CO)C(O)C(OC8OC(CO)C(O)C(O)C8O)C7O)C(O)C6O)C(O)CC5(C)C4CCC3(C)C1C2C. The van der Waals surface area contributed by atoms with Gasteiger partial charge < -0.3 is 144 Å². The van der Waals surface area contributed by atoms with Gasteiger partial charge in [0.2, 0.25) is 0 Å². The Labute approximate surface area is 491 Å². The van der Waals surface area contributed by atoms with Crippen molar-refractivity contribution in [1.82, 2.24) is 0 Å². The second-order valence-electron chi connectivity index (χ2n) is 27.0. The normalized spacial score (nSPS) is 58.1. The quantitative estimate of drug-likeness (QED) is 0.0719. The van der Waals surface area contributed by atoms with E-state index in [1.807, 2.05) is 0 Å². The van der Waals surface area contributed by atoms with Gasteiger partial charge in [0.05, 0.1) is 64.1 Å². The van der Waals surface area contributed by atoms with E-state index in [1.165, 1.54) is 0 Å². The molecule has 85 heavy (non-hydrogen) atoms. The molecule has 38 unspecified atom stereocenters. The first-order valence-electron chi connectivity index (χ1n) is 30.4. The molecule has 7 saturated heterocycles. The zero-order valence-corrected chi connectivity index (χ0v) is 48.1. The molecule has 38 atom stereocenters. The Morgan fingerprint density at radius 3 is 1.66 bits per heavy atom. The fourth-order valence-electron chi connectivity index (χ4n) is 17.5. The van der Waals surface area contributed by atoms with E-state index in [2.05, 4.69) is 27.7 Å². The van der Waals surface area contributed by atoms with E-state index in [1.54, 1.807) is 0 Å². The molecule has 11 fully saturated rings. The van der Waals surface area contributed by atoms with Crippen LogP contribution in [0.5, 0.6) is 0 Å². The van der Waals surface area contributed by atoms with Crippen LogP contribution in [0.4, 0.5) is 0 Å². The molecule has 0 aromatic heterocycles. The Kier molecular flexibility index (Phi) is 19.5. The summed E-state index contributed by atoms with van der Waals surface area (Å²) in [6.07, 6.45) is -42.9. The number of fused-ring (bicyclic) bond motifs is 7. The Balaban J connectivity index is 0.800. The Bertz CT molecular complexity index is 2220. The van der Waals surface area contributed by atoms with Gasteiger partial charge in [0.25, 0.3) is 0 Å². The third kappa shape index (κ3) is 11.4. The molecule has 29 heteroatoms. The number of aliphatic hydroxyl groups excluding tert-OH is 17. The van der Waals surface area contributed by atoms with E-state index in [-0.39, 0.29) is 48.0 Å². The van der Waals surface area contributed by atoms with E-state index in [0.29, 0.717) is 30.8 Å². The van der Waals surface area contributed by atoms with Crippen LogP contribution in [0.3, 0.4) is 0 Å². The molecule has 7 heterocycles. The van der Waals surface area contributed by atoms with Crippen LogP contribution in [0.25, 0.3) is 0 Å². The average molecular weight is 1230 g/mol. The lowest BCUT2D eigenvalue weighted by molar-refractivity contribution is -0.410. The summed E-state index contributed by atoms with van der Waals surface area (Å²) < 4.78 is 72.8. The highest BCUT2D eigenvalue weighted by atomic mass is 16.8. The summed E-state index contributed by atoms with van der Waals surface area (Å²) in [5.41, 5.74) is -0.531. The van der Waals surface area contributed by atoms with Crippen LogP contribution in [0, 0.1) is 52.3 Å². The minimum atomic E-state index is -2.22. The Morgan fingerprint density at radius 2 is 1.00 bits per heavy atom. The maximum Gasteiger partial charge on any atom is 0.187 e. The van der Waals surface area contributed by atoms with Gasteiger partial charge in [0, 0.05) is 12.3 Å². The summed E-state index contributed by atoms with van der Waals surface area (Å²) in [5.74, 6) is 0.754. The predicted molar refractivity (Wildman–Crippen MR) is 278 cm³/mol. The van der Waals surface area contributed by atoms with Crippen molar-refractivity contribution in [1.29, 1.82) is 0 Å². The zero-order chi connectivity index (χ0) is 61.1. The van der Waals surface area contributed by atoms with Crippen LogP contribution in [-0.4, -0.2) is 304 Å². The molecule has 4 saturated carbocycles. The minimum absolute atomic E-state index is 0.0247. The molecule has 11 aliphatic rings. The summed E-state index contributed by atoms with van der Waals surface area (Å²) in [6.45, 7) is 5.31. The molecule has 17 N–H and O–H groups in total. The number of aliphatic hydroxyl groups is 17. The molecule has 29 nitrogen and oxygen atoms in total. The molecular formula is C56H92O29. The molecule has 4 aliphatic carbocycles. The van der Waals surface area contributed by atoms with Crippen LogP contribution in [0.1, 0.15) is 79.1 Å². The van der Waals surface area contributed by atoms with E-state index in [9.17, 15) is 86.8 Å². The van der Waals surface area contributed by atoms with Gasteiger partial charge in [-0.15, -0.1) is 0 Å². The van der Waals surface area contributed by atoms with E-state index in [0.717, 1.165) is 32.1 Å². The van der Waals surface area contributed by atoms with Gasteiger partial charge in [-0.05, 0) is 91.3 Å². The van der Waals surface area contributed by atoms with Crippen LogP contribution >= 0.6 is 0 Å². The van der Waals surface area contributed by atoms with Crippen LogP contribution in [0.2, 0.25) is 0 Å². The van der Waals surface area contributed by atoms with Gasteiger partial charge in [0.1, 0.15) is 116 Å². The van der Waals surface area contributed by atoms with Crippen molar-refractivity contribution in [3.05, 3.63) is 0 Å². The largest absolute Gasteiger partial charge is 0.394 e.